The summed E-state index contributed by atoms with van der Waals surface area (Å²) in [5, 5.41) is 0. The second-order valence-electron chi connectivity index (χ2n) is 2.89. The average molecular weight is 130 g/mol. The van der Waals surface area contributed by atoms with Crippen molar-refractivity contribution in [3.8, 4) is 0 Å². The fraction of sp³-hybridized carbons (Fsp3) is 1.00. The molecule has 2 nitrogen and oxygen atoms in total. The van der Waals surface area contributed by atoms with Crippen LogP contribution >= 0.6 is 0 Å². The van der Waals surface area contributed by atoms with E-state index >= 15 is 0 Å². The molecule has 1 rings (SSSR count). The molecule has 1 aliphatic heterocycles. The zero-order chi connectivity index (χ0) is 6.85. The van der Waals surface area contributed by atoms with Crippen LogP contribution in [-0.2, 0) is 9.47 Å². The highest BCUT2D eigenvalue weighted by atomic mass is 16.7. The summed E-state index contributed by atoms with van der Waals surface area (Å²) in [5.41, 5.74) is 0. The van der Waals surface area contributed by atoms with Crippen LogP contribution < -0.4 is 0 Å². The van der Waals surface area contributed by atoms with Gasteiger partial charge in [-0.25, -0.2) is 0 Å². The Morgan fingerprint density at radius 2 is 2.11 bits per heavy atom. The molecule has 1 heterocycles. The molecule has 0 bridgehead atoms. The first-order valence-electron chi connectivity index (χ1n) is 3.47. The Labute approximate surface area is 56.2 Å². The van der Waals surface area contributed by atoms with E-state index in [1.54, 1.807) is 0 Å². The predicted molar refractivity (Wildman–Crippen MR) is 35.1 cm³/mol. The van der Waals surface area contributed by atoms with Crippen molar-refractivity contribution in [1.29, 1.82) is 0 Å². The number of rotatable bonds is 1. The molecule has 9 heavy (non-hydrogen) atoms. The summed E-state index contributed by atoms with van der Waals surface area (Å²) in [6.45, 7) is 6.98. The van der Waals surface area contributed by atoms with Crippen LogP contribution in [0.15, 0.2) is 0 Å². The molecule has 2 heteroatoms. The maximum absolute atomic E-state index is 5.40. The molecule has 0 aliphatic carbocycles. The van der Waals surface area contributed by atoms with Gasteiger partial charge in [-0.3, -0.25) is 0 Å². The molecule has 0 radical (unpaired) electrons. The van der Waals surface area contributed by atoms with E-state index < -0.39 is 0 Å². The standard InChI is InChI=1S/C7H14O2/c1-5(2)7-8-4-6(3)9-7/h5-7H,4H2,1-3H3/t6-,7?/m1/s1. The van der Waals surface area contributed by atoms with E-state index in [0.29, 0.717) is 5.92 Å². The van der Waals surface area contributed by atoms with Crippen molar-refractivity contribution in [1.82, 2.24) is 0 Å². The highest BCUT2D eigenvalue weighted by Gasteiger charge is 2.24. The van der Waals surface area contributed by atoms with Crippen LogP contribution in [0.2, 0.25) is 0 Å². The van der Waals surface area contributed by atoms with Crippen molar-refractivity contribution in [3.05, 3.63) is 0 Å². The maximum Gasteiger partial charge on any atom is 0.160 e. The second-order valence-corrected chi connectivity index (χ2v) is 2.89. The lowest BCUT2D eigenvalue weighted by molar-refractivity contribution is -0.0846. The lowest BCUT2D eigenvalue weighted by atomic mass is 10.2. The summed E-state index contributed by atoms with van der Waals surface area (Å²) in [4.78, 5) is 0. The first-order chi connectivity index (χ1) is 4.20. The zero-order valence-corrected chi connectivity index (χ0v) is 6.26. The Balaban J connectivity index is 2.30. The topological polar surface area (TPSA) is 18.5 Å². The van der Waals surface area contributed by atoms with Gasteiger partial charge in [-0.1, -0.05) is 13.8 Å². The fourth-order valence-electron chi connectivity index (χ4n) is 0.887. The third-order valence-corrected chi connectivity index (χ3v) is 1.41. The molecule has 0 aromatic carbocycles. The minimum absolute atomic E-state index is 0.0417. The van der Waals surface area contributed by atoms with Crippen LogP contribution in [0.5, 0.6) is 0 Å². The largest absolute Gasteiger partial charge is 0.350 e. The van der Waals surface area contributed by atoms with E-state index in [9.17, 15) is 0 Å². The number of hydrogen-bond donors (Lipinski definition) is 0. The van der Waals surface area contributed by atoms with Crippen molar-refractivity contribution in [2.75, 3.05) is 6.61 Å². The van der Waals surface area contributed by atoms with Gasteiger partial charge >= 0.3 is 0 Å². The molecule has 0 amide bonds. The summed E-state index contributed by atoms with van der Waals surface area (Å²) in [6.07, 6.45) is 0.331. The van der Waals surface area contributed by atoms with Gasteiger partial charge in [-0.2, -0.15) is 0 Å². The number of hydrogen-bond acceptors (Lipinski definition) is 2. The van der Waals surface area contributed by atoms with Crippen molar-refractivity contribution in [2.45, 2.75) is 33.2 Å². The molecule has 1 saturated heterocycles. The molecule has 1 fully saturated rings. The van der Waals surface area contributed by atoms with Crippen LogP contribution in [-0.4, -0.2) is 19.0 Å². The lowest BCUT2D eigenvalue weighted by Crippen LogP contribution is -2.16. The summed E-state index contributed by atoms with van der Waals surface area (Å²) >= 11 is 0. The van der Waals surface area contributed by atoms with Gasteiger partial charge in [0.15, 0.2) is 6.29 Å². The van der Waals surface area contributed by atoms with E-state index in [-0.39, 0.29) is 12.4 Å². The van der Waals surface area contributed by atoms with E-state index in [1.807, 2.05) is 6.92 Å². The van der Waals surface area contributed by atoms with Gasteiger partial charge in [-0.15, -0.1) is 0 Å². The van der Waals surface area contributed by atoms with Crippen LogP contribution in [0.3, 0.4) is 0 Å². The Bertz CT molecular complexity index is 90.9. The maximum atomic E-state index is 5.40. The van der Waals surface area contributed by atoms with Crippen molar-refractivity contribution in [3.63, 3.8) is 0 Å². The molecule has 0 aromatic rings. The van der Waals surface area contributed by atoms with Crippen LogP contribution in [0.4, 0.5) is 0 Å². The van der Waals surface area contributed by atoms with E-state index in [0.717, 1.165) is 6.61 Å². The number of ether oxygens (including phenoxy) is 2. The monoisotopic (exact) mass is 130 g/mol. The molecule has 1 aliphatic rings. The molecular weight excluding hydrogens is 116 g/mol. The van der Waals surface area contributed by atoms with E-state index in [1.165, 1.54) is 0 Å². The van der Waals surface area contributed by atoms with Gasteiger partial charge in [0.1, 0.15) is 0 Å². The van der Waals surface area contributed by atoms with Crippen molar-refractivity contribution >= 4 is 0 Å². The summed E-state index contributed by atoms with van der Waals surface area (Å²) in [6, 6.07) is 0. The van der Waals surface area contributed by atoms with Crippen molar-refractivity contribution in [2.24, 2.45) is 5.92 Å². The third-order valence-electron chi connectivity index (χ3n) is 1.41. The van der Waals surface area contributed by atoms with Crippen molar-refractivity contribution < 1.29 is 9.47 Å². The molecule has 1 unspecified atom stereocenters. The highest BCUT2D eigenvalue weighted by molar-refractivity contribution is 4.61. The first-order valence-corrected chi connectivity index (χ1v) is 3.47. The van der Waals surface area contributed by atoms with E-state index in [2.05, 4.69) is 13.8 Å². The summed E-state index contributed by atoms with van der Waals surface area (Å²) in [7, 11) is 0. The first kappa shape index (κ1) is 7.03. The SMILES string of the molecule is CC(C)C1OC[C@@H](C)O1. The highest BCUT2D eigenvalue weighted by Crippen LogP contribution is 2.17. The van der Waals surface area contributed by atoms with Gasteiger partial charge in [0.05, 0.1) is 12.7 Å². The van der Waals surface area contributed by atoms with E-state index in [4.69, 9.17) is 9.47 Å². The lowest BCUT2D eigenvalue weighted by Gasteiger charge is -2.12. The van der Waals surface area contributed by atoms with Gasteiger partial charge in [-0.05, 0) is 6.92 Å². The van der Waals surface area contributed by atoms with Gasteiger partial charge in [0.2, 0.25) is 0 Å². The molecule has 54 valence electrons. The third kappa shape index (κ3) is 1.66. The minimum Gasteiger partial charge on any atom is -0.350 e. The van der Waals surface area contributed by atoms with Crippen LogP contribution in [0.25, 0.3) is 0 Å². The molecule has 2 atom stereocenters. The summed E-state index contributed by atoms with van der Waals surface area (Å²) < 4.78 is 10.7. The van der Waals surface area contributed by atoms with Crippen LogP contribution in [0, 0.1) is 5.92 Å². The van der Waals surface area contributed by atoms with Gasteiger partial charge in [0.25, 0.3) is 0 Å². The Hall–Kier alpha value is -0.0800. The Kier molecular flexibility index (Phi) is 2.09. The Morgan fingerprint density at radius 3 is 2.33 bits per heavy atom. The minimum atomic E-state index is 0.0417. The molecule has 0 saturated carbocycles. The van der Waals surface area contributed by atoms with Crippen LogP contribution in [0.1, 0.15) is 20.8 Å². The Morgan fingerprint density at radius 1 is 1.44 bits per heavy atom. The molecule has 0 spiro atoms. The smallest absolute Gasteiger partial charge is 0.160 e. The van der Waals surface area contributed by atoms with Gasteiger partial charge in [0, 0.05) is 5.92 Å². The average Bonchev–Trinajstić information content (AvgIpc) is 2.14. The fourth-order valence-corrected chi connectivity index (χ4v) is 0.887. The predicted octanol–water partition coefficient (Wildman–Crippen LogP) is 1.40. The molecule has 0 aromatic heterocycles. The molecule has 0 N–H and O–H groups in total. The zero-order valence-electron chi connectivity index (χ0n) is 6.26. The quantitative estimate of drug-likeness (QED) is 0.534. The summed E-state index contributed by atoms with van der Waals surface area (Å²) in [5.74, 6) is 0.481. The normalized spacial score (nSPS) is 36.0. The van der Waals surface area contributed by atoms with Gasteiger partial charge < -0.3 is 9.47 Å². The second kappa shape index (κ2) is 2.67. The molecular formula is C7H14O2.